The number of carboxylic acid groups (broad SMARTS) is 1. The summed E-state index contributed by atoms with van der Waals surface area (Å²) in [6.07, 6.45) is -3.34. The molecule has 2 fully saturated rings. The van der Waals surface area contributed by atoms with Gasteiger partial charge >= 0.3 is 35.7 Å². The van der Waals surface area contributed by atoms with Gasteiger partial charge in [0.25, 0.3) is 5.91 Å². The molecule has 0 radical (unpaired) electrons. The summed E-state index contributed by atoms with van der Waals surface area (Å²) in [6.45, 7) is 0. The molecule has 3 atom stereocenters. The van der Waals surface area contributed by atoms with Gasteiger partial charge in [-0.25, -0.2) is 0 Å². The number of fused-ring (bicyclic) bond motifs is 3. The van der Waals surface area contributed by atoms with E-state index in [2.05, 4.69) is 0 Å². The summed E-state index contributed by atoms with van der Waals surface area (Å²) in [5.41, 5.74) is -0.313. The topological polar surface area (TPSA) is 69.7 Å². The Labute approximate surface area is 152 Å². The molecule has 3 rings (SSSR count). The zero-order valence-corrected chi connectivity index (χ0v) is 14.6. The van der Waals surface area contributed by atoms with E-state index in [-0.39, 0.29) is 46.9 Å². The van der Waals surface area contributed by atoms with Gasteiger partial charge in [-0.15, -0.1) is 0 Å². The van der Waals surface area contributed by atoms with Crippen molar-refractivity contribution in [2.24, 2.45) is 5.92 Å². The number of allylic oxidation sites excluding steroid dienone is 1. The average molecular weight is 339 g/mol. The number of carboxylic acids is 1. The molecule has 5 nitrogen and oxygen atoms in total. The Hall–Kier alpha value is -0.830. The number of rotatable bonds is 2. The maximum Gasteiger partial charge on any atom is 1.00 e. The number of alkyl halides is 3. The minimum atomic E-state index is -4.61. The number of amides is 1. The molecule has 0 bridgehead atoms. The van der Waals surface area contributed by atoms with Crippen molar-refractivity contribution in [2.75, 3.05) is 7.11 Å². The smallest absolute Gasteiger partial charge is 0.543 e. The molecule has 0 N–H and O–H groups in total. The third-order valence-electron chi connectivity index (χ3n) is 4.48. The normalized spacial score (nSPS) is 31.5. The van der Waals surface area contributed by atoms with Crippen LogP contribution in [0.2, 0.25) is 0 Å². The van der Waals surface area contributed by atoms with E-state index < -0.39 is 36.1 Å². The van der Waals surface area contributed by atoms with Crippen molar-refractivity contribution in [3.8, 4) is 0 Å². The standard InChI is InChI=1S/C14H14F3NO4.Na/c1-22-8-4-2-3-6-9(8)11(13(20)21)18-10(6)7(12(18)19)5-14(15,16)17;/h5-6,8,10H,2-4H2,1H3,(H,20,21);/q;+1/p-1/b7-5-;/t6-,8-,10+;/m0./s1. The van der Waals surface area contributed by atoms with Gasteiger partial charge in [0.15, 0.2) is 0 Å². The number of β-lactam (4-membered cyclic amide) rings is 1. The second kappa shape index (κ2) is 6.23. The molecule has 2 aliphatic heterocycles. The third kappa shape index (κ3) is 2.86. The molecule has 23 heavy (non-hydrogen) atoms. The van der Waals surface area contributed by atoms with Gasteiger partial charge in [0.05, 0.1) is 23.8 Å². The van der Waals surface area contributed by atoms with Crippen molar-refractivity contribution in [3.63, 3.8) is 0 Å². The van der Waals surface area contributed by atoms with Crippen LogP contribution in [-0.2, 0) is 14.3 Å². The minimum Gasteiger partial charge on any atom is -0.543 e. The summed E-state index contributed by atoms with van der Waals surface area (Å²) in [5, 5.41) is 11.4. The third-order valence-corrected chi connectivity index (χ3v) is 4.48. The van der Waals surface area contributed by atoms with Crippen molar-refractivity contribution in [1.82, 2.24) is 4.90 Å². The van der Waals surface area contributed by atoms with Crippen LogP contribution in [0, 0.1) is 5.92 Å². The number of nitrogens with zero attached hydrogens (tertiary/aromatic N) is 1. The maximum atomic E-state index is 12.6. The molecule has 0 aromatic rings. The zero-order valence-electron chi connectivity index (χ0n) is 12.6. The second-order valence-corrected chi connectivity index (χ2v) is 5.61. The van der Waals surface area contributed by atoms with E-state index in [0.717, 1.165) is 4.90 Å². The van der Waals surface area contributed by atoms with Crippen LogP contribution in [0.15, 0.2) is 22.9 Å². The summed E-state index contributed by atoms with van der Waals surface area (Å²) in [7, 11) is 1.41. The van der Waals surface area contributed by atoms with E-state index in [0.29, 0.717) is 24.8 Å². The van der Waals surface area contributed by atoms with Crippen LogP contribution in [-0.4, -0.2) is 42.2 Å². The Balaban J connectivity index is 0.00000192. The molecule has 9 heteroatoms. The summed E-state index contributed by atoms with van der Waals surface area (Å²) < 4.78 is 43.0. The molecular formula is C14H13F3NNaO4. The Morgan fingerprint density at radius 3 is 2.57 bits per heavy atom. The van der Waals surface area contributed by atoms with Crippen molar-refractivity contribution < 1.29 is 62.2 Å². The zero-order chi connectivity index (χ0) is 16.2. The molecule has 0 spiro atoms. The number of halogens is 3. The van der Waals surface area contributed by atoms with Crippen molar-refractivity contribution in [1.29, 1.82) is 0 Å². The predicted octanol–water partition coefficient (Wildman–Crippen LogP) is -2.48. The fourth-order valence-corrected chi connectivity index (χ4v) is 3.75. The number of ether oxygens (including phenoxy) is 1. The van der Waals surface area contributed by atoms with Gasteiger partial charge in [-0.3, -0.25) is 9.69 Å². The van der Waals surface area contributed by atoms with Gasteiger partial charge in [-0.2, -0.15) is 13.2 Å². The molecule has 1 saturated carbocycles. The number of hydrogen-bond acceptors (Lipinski definition) is 4. The van der Waals surface area contributed by atoms with Crippen LogP contribution in [0.25, 0.3) is 0 Å². The Morgan fingerprint density at radius 2 is 2.04 bits per heavy atom. The summed E-state index contributed by atoms with van der Waals surface area (Å²) in [6, 6.07) is -0.866. The Bertz CT molecular complexity index is 614. The van der Waals surface area contributed by atoms with Crippen LogP contribution in [0.3, 0.4) is 0 Å². The van der Waals surface area contributed by atoms with E-state index in [1.54, 1.807) is 0 Å². The molecule has 1 amide bonds. The molecule has 2 heterocycles. The van der Waals surface area contributed by atoms with Gasteiger partial charge in [-0.05, 0) is 24.8 Å². The first kappa shape index (κ1) is 18.5. The summed E-state index contributed by atoms with van der Waals surface area (Å²) >= 11 is 0. The Kier molecular flexibility index (Phi) is 5.02. The first-order valence-corrected chi connectivity index (χ1v) is 6.87. The van der Waals surface area contributed by atoms with Crippen molar-refractivity contribution in [3.05, 3.63) is 22.9 Å². The minimum absolute atomic E-state index is 0. The molecule has 0 unspecified atom stereocenters. The van der Waals surface area contributed by atoms with E-state index in [1.165, 1.54) is 7.11 Å². The number of carbonyl (C=O) groups is 2. The van der Waals surface area contributed by atoms with E-state index in [4.69, 9.17) is 4.74 Å². The molecule has 0 aromatic carbocycles. The number of hydrogen-bond donors (Lipinski definition) is 0. The molecule has 1 saturated heterocycles. The van der Waals surface area contributed by atoms with Gasteiger partial charge in [0.1, 0.15) is 0 Å². The van der Waals surface area contributed by atoms with Crippen molar-refractivity contribution in [2.45, 2.75) is 37.6 Å². The Morgan fingerprint density at radius 1 is 1.39 bits per heavy atom. The quantitative estimate of drug-likeness (QED) is 0.317. The molecule has 1 aliphatic carbocycles. The van der Waals surface area contributed by atoms with Crippen LogP contribution < -0.4 is 34.7 Å². The molecular weight excluding hydrogens is 326 g/mol. The number of aliphatic carboxylic acids is 1. The fourth-order valence-electron chi connectivity index (χ4n) is 3.75. The average Bonchev–Trinajstić information content (AvgIpc) is 2.75. The van der Waals surface area contributed by atoms with Crippen LogP contribution in [0.1, 0.15) is 19.3 Å². The number of methoxy groups -OCH3 is 1. The van der Waals surface area contributed by atoms with Gasteiger partial charge in [0.2, 0.25) is 0 Å². The van der Waals surface area contributed by atoms with Gasteiger partial charge in [-0.1, -0.05) is 0 Å². The molecule has 120 valence electrons. The van der Waals surface area contributed by atoms with Crippen molar-refractivity contribution >= 4 is 11.9 Å². The fraction of sp³-hybridized carbons (Fsp3) is 0.571. The SMILES string of the molecule is CO[C@H]1CCC[C@H]2C1=C(C(=O)[O-])N1C(=O)/C(=C\C(F)(F)F)[C@@H]21.[Na+]. The predicted molar refractivity (Wildman–Crippen MR) is 64.9 cm³/mol. The summed E-state index contributed by atoms with van der Waals surface area (Å²) in [4.78, 5) is 24.3. The van der Waals surface area contributed by atoms with Crippen LogP contribution in [0.5, 0.6) is 0 Å². The van der Waals surface area contributed by atoms with Crippen LogP contribution in [0.4, 0.5) is 13.2 Å². The maximum absolute atomic E-state index is 12.6. The van der Waals surface area contributed by atoms with E-state index >= 15 is 0 Å². The van der Waals surface area contributed by atoms with Gasteiger partial charge in [0, 0.05) is 24.7 Å². The largest absolute Gasteiger partial charge is 1.00 e. The first-order chi connectivity index (χ1) is 10.3. The van der Waals surface area contributed by atoms with Gasteiger partial charge < -0.3 is 14.6 Å². The summed E-state index contributed by atoms with van der Waals surface area (Å²) in [5.74, 6) is -2.91. The second-order valence-electron chi connectivity index (χ2n) is 5.61. The number of carbonyl (C=O) groups excluding carboxylic acids is 2. The van der Waals surface area contributed by atoms with Crippen LogP contribution >= 0.6 is 0 Å². The van der Waals surface area contributed by atoms with E-state index in [1.807, 2.05) is 0 Å². The molecule has 0 aromatic heterocycles. The molecule has 3 aliphatic rings. The van der Waals surface area contributed by atoms with E-state index in [9.17, 15) is 27.9 Å². The first-order valence-electron chi connectivity index (χ1n) is 6.87. The monoisotopic (exact) mass is 339 g/mol.